The SMILES string of the molecule is CS(=O)(=O)NCc1cc(F)cc(-c2nccc3[nH]c(-c4n[nH]c5ccc(-c6cn[nH]c6)cc45)cc23)c1. The highest BCUT2D eigenvalue weighted by Gasteiger charge is 2.16. The van der Waals surface area contributed by atoms with E-state index in [2.05, 4.69) is 41.2 Å². The third-order valence-electron chi connectivity index (χ3n) is 5.97. The van der Waals surface area contributed by atoms with Gasteiger partial charge in [0.1, 0.15) is 11.5 Å². The molecule has 0 unspecified atom stereocenters. The van der Waals surface area contributed by atoms with Gasteiger partial charge in [0.05, 0.1) is 29.4 Å². The van der Waals surface area contributed by atoms with Gasteiger partial charge in [0.25, 0.3) is 0 Å². The molecule has 0 saturated heterocycles. The van der Waals surface area contributed by atoms with Crippen LogP contribution in [0, 0.1) is 5.82 Å². The second kappa shape index (κ2) is 8.40. The van der Waals surface area contributed by atoms with Gasteiger partial charge in [-0.05, 0) is 53.6 Å². The predicted octanol–water partition coefficient (Wildman–Crippen LogP) is 4.35. The van der Waals surface area contributed by atoms with Crippen LogP contribution in [0.5, 0.6) is 0 Å². The van der Waals surface area contributed by atoms with E-state index in [1.807, 2.05) is 30.5 Å². The number of aromatic amines is 3. The van der Waals surface area contributed by atoms with Crippen LogP contribution in [0.15, 0.2) is 67.1 Å². The Morgan fingerprint density at radius 1 is 0.944 bits per heavy atom. The first kappa shape index (κ1) is 22.1. The van der Waals surface area contributed by atoms with Crippen LogP contribution in [0.2, 0.25) is 0 Å². The van der Waals surface area contributed by atoms with Crippen molar-refractivity contribution >= 4 is 31.8 Å². The molecule has 0 aliphatic heterocycles. The molecule has 2 aromatic carbocycles. The summed E-state index contributed by atoms with van der Waals surface area (Å²) in [7, 11) is -3.41. The Bertz CT molecular complexity index is 1840. The number of H-pyrrole nitrogens is 3. The van der Waals surface area contributed by atoms with Gasteiger partial charge in [0.2, 0.25) is 10.0 Å². The van der Waals surface area contributed by atoms with Crippen LogP contribution >= 0.6 is 0 Å². The van der Waals surface area contributed by atoms with E-state index >= 15 is 0 Å². The minimum Gasteiger partial charge on any atom is -0.353 e. The number of benzene rings is 2. The van der Waals surface area contributed by atoms with E-state index in [1.165, 1.54) is 12.1 Å². The number of pyridine rings is 1. The maximum Gasteiger partial charge on any atom is 0.209 e. The number of nitrogens with zero attached hydrogens (tertiary/aromatic N) is 3. The first-order valence-electron chi connectivity index (χ1n) is 11.0. The third-order valence-corrected chi connectivity index (χ3v) is 6.64. The van der Waals surface area contributed by atoms with Gasteiger partial charge in [0.15, 0.2) is 0 Å². The zero-order valence-corrected chi connectivity index (χ0v) is 19.8. The number of hydrogen-bond acceptors (Lipinski definition) is 5. The lowest BCUT2D eigenvalue weighted by Crippen LogP contribution is -2.21. The standard InChI is InChI=1S/C25H20FN7O2S/c1-36(34,35)30-11-14-6-16(8-18(26)7-14)24-20-10-23(31-21(20)4-5-27-24)25-19-9-15(17-12-28-29-13-17)2-3-22(19)32-33-25/h2-10,12-13,30-31H,11H2,1H3,(H,28,29)(H,32,33). The first-order valence-corrected chi connectivity index (χ1v) is 12.9. The monoisotopic (exact) mass is 501 g/mol. The smallest absolute Gasteiger partial charge is 0.209 e. The predicted molar refractivity (Wildman–Crippen MR) is 136 cm³/mol. The topological polar surface area (TPSA) is 132 Å². The van der Waals surface area contributed by atoms with E-state index in [1.54, 1.807) is 18.5 Å². The van der Waals surface area contributed by atoms with Gasteiger partial charge >= 0.3 is 0 Å². The zero-order valence-electron chi connectivity index (χ0n) is 19.0. The second-order valence-corrected chi connectivity index (χ2v) is 10.4. The van der Waals surface area contributed by atoms with E-state index in [0.29, 0.717) is 16.8 Å². The molecule has 4 N–H and O–H groups in total. The Labute approximate surface area is 204 Å². The fourth-order valence-electron chi connectivity index (χ4n) is 4.32. The molecule has 9 nitrogen and oxygen atoms in total. The largest absolute Gasteiger partial charge is 0.353 e. The molecule has 0 amide bonds. The summed E-state index contributed by atoms with van der Waals surface area (Å²) in [5.41, 5.74) is 6.83. The maximum absolute atomic E-state index is 14.5. The lowest BCUT2D eigenvalue weighted by Gasteiger charge is -2.07. The summed E-state index contributed by atoms with van der Waals surface area (Å²) in [6.07, 6.45) is 6.31. The number of halogens is 1. The van der Waals surface area contributed by atoms with E-state index < -0.39 is 15.8 Å². The van der Waals surface area contributed by atoms with Crippen molar-refractivity contribution in [2.45, 2.75) is 6.54 Å². The molecule has 0 saturated carbocycles. The number of hydrogen-bond donors (Lipinski definition) is 4. The number of aromatic nitrogens is 6. The quantitative estimate of drug-likeness (QED) is 0.269. The lowest BCUT2D eigenvalue weighted by atomic mass is 10.0. The van der Waals surface area contributed by atoms with Gasteiger partial charge in [-0.3, -0.25) is 15.2 Å². The Kier molecular flexibility index (Phi) is 5.16. The molecule has 0 bridgehead atoms. The van der Waals surface area contributed by atoms with Gasteiger partial charge in [0, 0.05) is 46.4 Å². The van der Waals surface area contributed by atoms with Crippen LogP contribution in [0.4, 0.5) is 4.39 Å². The average Bonchev–Trinajstić information content (AvgIpc) is 3.60. The molecule has 6 aromatic rings. The zero-order chi connectivity index (χ0) is 24.9. The van der Waals surface area contributed by atoms with Crippen LogP contribution in [-0.2, 0) is 16.6 Å². The van der Waals surface area contributed by atoms with Gasteiger partial charge in [-0.25, -0.2) is 17.5 Å². The highest BCUT2D eigenvalue weighted by Crippen LogP contribution is 2.34. The third kappa shape index (κ3) is 4.14. The van der Waals surface area contributed by atoms with Crippen LogP contribution in [0.3, 0.4) is 0 Å². The molecule has 0 atom stereocenters. The fourth-order valence-corrected chi connectivity index (χ4v) is 4.75. The molecule has 36 heavy (non-hydrogen) atoms. The van der Waals surface area contributed by atoms with Crippen molar-refractivity contribution in [2.75, 3.05) is 6.26 Å². The highest BCUT2D eigenvalue weighted by atomic mass is 32.2. The summed E-state index contributed by atoms with van der Waals surface area (Å²) in [6, 6.07) is 14.2. The van der Waals surface area contributed by atoms with Gasteiger partial charge in [-0.1, -0.05) is 6.07 Å². The van der Waals surface area contributed by atoms with Crippen LogP contribution in [0.25, 0.3) is 55.6 Å². The second-order valence-electron chi connectivity index (χ2n) is 8.56. The highest BCUT2D eigenvalue weighted by molar-refractivity contribution is 7.88. The maximum atomic E-state index is 14.5. The normalized spacial score (nSPS) is 12.1. The number of nitrogens with one attached hydrogen (secondary N) is 4. The van der Waals surface area contributed by atoms with Crippen LogP contribution in [-0.4, -0.2) is 45.0 Å². The van der Waals surface area contributed by atoms with Gasteiger partial charge in [-0.2, -0.15) is 10.2 Å². The average molecular weight is 502 g/mol. The van der Waals surface area contributed by atoms with Gasteiger partial charge in [-0.15, -0.1) is 0 Å². The summed E-state index contributed by atoms with van der Waals surface area (Å²) in [4.78, 5) is 7.91. The molecule has 0 radical (unpaired) electrons. The van der Waals surface area contributed by atoms with Crippen molar-refractivity contribution in [1.82, 2.24) is 35.1 Å². The van der Waals surface area contributed by atoms with Crippen molar-refractivity contribution in [3.63, 3.8) is 0 Å². The van der Waals surface area contributed by atoms with Crippen molar-refractivity contribution in [1.29, 1.82) is 0 Å². The molecular formula is C25H20FN7O2S. The summed E-state index contributed by atoms with van der Waals surface area (Å²) in [6.45, 7) is -0.0176. The molecule has 0 fully saturated rings. The van der Waals surface area contributed by atoms with E-state index in [4.69, 9.17) is 0 Å². The number of sulfonamides is 1. The first-order chi connectivity index (χ1) is 17.3. The van der Waals surface area contributed by atoms with Crippen molar-refractivity contribution < 1.29 is 12.8 Å². The lowest BCUT2D eigenvalue weighted by molar-refractivity contribution is 0.586. The number of rotatable bonds is 6. The van der Waals surface area contributed by atoms with Crippen LogP contribution < -0.4 is 4.72 Å². The molecule has 0 aliphatic carbocycles. The molecule has 0 spiro atoms. The summed E-state index contributed by atoms with van der Waals surface area (Å²) in [5, 5.41) is 16.2. The van der Waals surface area contributed by atoms with Crippen molar-refractivity contribution in [3.8, 4) is 33.8 Å². The molecular weight excluding hydrogens is 481 g/mol. The molecule has 11 heteroatoms. The molecule has 0 aliphatic rings. The Morgan fingerprint density at radius 2 is 1.81 bits per heavy atom. The van der Waals surface area contributed by atoms with Crippen molar-refractivity contribution in [2.24, 2.45) is 0 Å². The Balaban J connectivity index is 1.44. The fraction of sp³-hybridized carbons (Fsp3) is 0.0800. The molecule has 4 heterocycles. The van der Waals surface area contributed by atoms with E-state index in [-0.39, 0.29) is 6.54 Å². The van der Waals surface area contributed by atoms with E-state index in [9.17, 15) is 12.8 Å². The Hall–Kier alpha value is -4.35. The molecule has 4 aromatic heterocycles. The molecule has 180 valence electrons. The van der Waals surface area contributed by atoms with Crippen LogP contribution in [0.1, 0.15) is 5.56 Å². The number of fused-ring (bicyclic) bond motifs is 2. The minimum absolute atomic E-state index is 0.0176. The van der Waals surface area contributed by atoms with E-state index in [0.717, 1.165) is 50.6 Å². The summed E-state index contributed by atoms with van der Waals surface area (Å²) >= 11 is 0. The summed E-state index contributed by atoms with van der Waals surface area (Å²) < 4.78 is 39.8. The van der Waals surface area contributed by atoms with Crippen molar-refractivity contribution in [3.05, 3.63) is 78.5 Å². The molecule has 6 rings (SSSR count). The minimum atomic E-state index is -3.41. The Morgan fingerprint density at radius 3 is 2.61 bits per heavy atom. The summed E-state index contributed by atoms with van der Waals surface area (Å²) in [5.74, 6) is -0.475. The van der Waals surface area contributed by atoms with Gasteiger partial charge < -0.3 is 4.98 Å².